The van der Waals surface area contributed by atoms with Crippen molar-refractivity contribution in [3.8, 4) is 28.4 Å². The number of fused-ring (bicyclic) bond motifs is 5. The first kappa shape index (κ1) is 18.9. The SMILES string of the molecule is COc1ccc(Nc2nc3ccccc3c3c2-c2ccc(OC)cc2C3=O)c(OC)c1. The Kier molecular flexibility index (Phi) is 4.47. The summed E-state index contributed by atoms with van der Waals surface area (Å²) < 4.78 is 16.2. The fourth-order valence-electron chi connectivity index (χ4n) is 4.02. The Hall–Kier alpha value is -4.06. The summed E-state index contributed by atoms with van der Waals surface area (Å²) in [5.41, 5.74) is 4.32. The van der Waals surface area contributed by atoms with Gasteiger partial charge in [0.2, 0.25) is 0 Å². The number of hydrogen-bond acceptors (Lipinski definition) is 6. The van der Waals surface area contributed by atoms with Crippen molar-refractivity contribution in [1.29, 1.82) is 0 Å². The zero-order chi connectivity index (χ0) is 21.5. The molecule has 0 spiro atoms. The molecular formula is C25H20N2O4. The van der Waals surface area contributed by atoms with E-state index in [0.717, 1.165) is 27.7 Å². The van der Waals surface area contributed by atoms with Crippen molar-refractivity contribution < 1.29 is 19.0 Å². The number of ketones is 1. The van der Waals surface area contributed by atoms with Crippen LogP contribution in [0.3, 0.4) is 0 Å². The van der Waals surface area contributed by atoms with Crippen molar-refractivity contribution in [2.24, 2.45) is 0 Å². The third kappa shape index (κ3) is 2.95. The van der Waals surface area contributed by atoms with Crippen molar-refractivity contribution >= 4 is 28.2 Å². The number of methoxy groups -OCH3 is 3. The lowest BCUT2D eigenvalue weighted by molar-refractivity contribution is 0.104. The highest BCUT2D eigenvalue weighted by Gasteiger charge is 2.32. The van der Waals surface area contributed by atoms with Gasteiger partial charge in [0.1, 0.15) is 23.1 Å². The Bertz CT molecular complexity index is 1350. The minimum atomic E-state index is -0.0350. The summed E-state index contributed by atoms with van der Waals surface area (Å²) >= 11 is 0. The number of anilines is 2. The third-order valence-electron chi connectivity index (χ3n) is 5.52. The van der Waals surface area contributed by atoms with Crippen LogP contribution in [0.5, 0.6) is 17.2 Å². The number of pyridine rings is 1. The molecule has 6 nitrogen and oxygen atoms in total. The standard InChI is InChI=1S/C25H20N2O4/c1-29-14-8-10-16-18(12-14)24(28)22-17-6-4-5-7-19(17)26-25(23(16)22)27-20-11-9-15(30-2)13-21(20)31-3/h4-13H,1-3H3,(H,26,27). The first-order valence-corrected chi connectivity index (χ1v) is 9.79. The molecule has 1 heterocycles. The van der Waals surface area contributed by atoms with Crippen LogP contribution >= 0.6 is 0 Å². The second kappa shape index (κ2) is 7.32. The summed E-state index contributed by atoms with van der Waals surface area (Å²) in [6.07, 6.45) is 0. The van der Waals surface area contributed by atoms with Crippen molar-refractivity contribution in [2.45, 2.75) is 0 Å². The number of aromatic nitrogens is 1. The summed E-state index contributed by atoms with van der Waals surface area (Å²) in [7, 11) is 4.80. The Morgan fingerprint density at radius 1 is 0.774 bits per heavy atom. The maximum atomic E-state index is 13.4. The maximum Gasteiger partial charge on any atom is 0.195 e. The molecule has 0 radical (unpaired) electrons. The van der Waals surface area contributed by atoms with Gasteiger partial charge in [0, 0.05) is 28.1 Å². The van der Waals surface area contributed by atoms with Crippen LogP contribution in [0, 0.1) is 0 Å². The Morgan fingerprint density at radius 2 is 1.52 bits per heavy atom. The largest absolute Gasteiger partial charge is 0.497 e. The second-order valence-corrected chi connectivity index (χ2v) is 7.16. The van der Waals surface area contributed by atoms with Crippen LogP contribution < -0.4 is 19.5 Å². The molecule has 31 heavy (non-hydrogen) atoms. The van der Waals surface area contributed by atoms with Gasteiger partial charge in [-0.3, -0.25) is 4.79 Å². The summed E-state index contributed by atoms with van der Waals surface area (Å²) in [5.74, 6) is 2.50. The van der Waals surface area contributed by atoms with Crippen LogP contribution in [-0.4, -0.2) is 32.1 Å². The molecule has 1 aromatic heterocycles. The van der Waals surface area contributed by atoms with Gasteiger partial charge < -0.3 is 19.5 Å². The van der Waals surface area contributed by atoms with Gasteiger partial charge in [-0.25, -0.2) is 4.98 Å². The average molecular weight is 412 g/mol. The summed E-state index contributed by atoms with van der Waals surface area (Å²) in [6.45, 7) is 0. The molecule has 0 saturated heterocycles. The van der Waals surface area contributed by atoms with Crippen molar-refractivity contribution in [1.82, 2.24) is 4.98 Å². The van der Waals surface area contributed by atoms with Gasteiger partial charge in [0.25, 0.3) is 0 Å². The number of carbonyl (C=O) groups excluding carboxylic acids is 1. The van der Waals surface area contributed by atoms with Gasteiger partial charge in [-0.05, 0) is 42.0 Å². The molecule has 4 aromatic rings. The molecule has 0 aliphatic heterocycles. The van der Waals surface area contributed by atoms with E-state index in [9.17, 15) is 4.79 Å². The topological polar surface area (TPSA) is 69.7 Å². The fraction of sp³-hybridized carbons (Fsp3) is 0.120. The molecule has 1 N–H and O–H groups in total. The monoisotopic (exact) mass is 412 g/mol. The van der Waals surface area contributed by atoms with Gasteiger partial charge in [-0.1, -0.05) is 18.2 Å². The van der Waals surface area contributed by atoms with E-state index in [2.05, 4.69) is 5.32 Å². The van der Waals surface area contributed by atoms with Gasteiger partial charge in [0.05, 0.1) is 32.5 Å². The van der Waals surface area contributed by atoms with Crippen LogP contribution in [0.25, 0.3) is 22.0 Å². The second-order valence-electron chi connectivity index (χ2n) is 7.16. The third-order valence-corrected chi connectivity index (χ3v) is 5.52. The molecule has 0 unspecified atom stereocenters. The van der Waals surface area contributed by atoms with Crippen LogP contribution in [-0.2, 0) is 0 Å². The number of nitrogens with one attached hydrogen (secondary N) is 1. The molecule has 1 aliphatic rings. The highest BCUT2D eigenvalue weighted by molar-refractivity contribution is 6.28. The number of carbonyl (C=O) groups is 1. The van der Waals surface area contributed by atoms with E-state index in [4.69, 9.17) is 19.2 Å². The predicted octanol–water partition coefficient (Wildman–Crippen LogP) is 5.22. The molecule has 0 amide bonds. The summed E-state index contributed by atoms with van der Waals surface area (Å²) in [6, 6.07) is 18.7. The van der Waals surface area contributed by atoms with Crippen LogP contribution in [0.1, 0.15) is 15.9 Å². The smallest absolute Gasteiger partial charge is 0.195 e. The number of hydrogen-bond donors (Lipinski definition) is 1. The molecule has 5 rings (SSSR count). The molecule has 6 heteroatoms. The Labute approximate surface area is 179 Å². The van der Waals surface area contributed by atoms with E-state index in [-0.39, 0.29) is 5.78 Å². The lowest BCUT2D eigenvalue weighted by atomic mass is 10.0. The van der Waals surface area contributed by atoms with Gasteiger partial charge in [-0.2, -0.15) is 0 Å². The van der Waals surface area contributed by atoms with E-state index >= 15 is 0 Å². The molecule has 0 saturated carbocycles. The highest BCUT2D eigenvalue weighted by atomic mass is 16.5. The predicted molar refractivity (Wildman–Crippen MR) is 120 cm³/mol. The zero-order valence-electron chi connectivity index (χ0n) is 17.4. The quantitative estimate of drug-likeness (QED) is 0.427. The molecule has 0 fully saturated rings. The Morgan fingerprint density at radius 3 is 2.29 bits per heavy atom. The number of ether oxygens (including phenoxy) is 3. The van der Waals surface area contributed by atoms with Crippen molar-refractivity contribution in [3.05, 3.63) is 71.8 Å². The van der Waals surface area contributed by atoms with Gasteiger partial charge in [-0.15, -0.1) is 0 Å². The lowest BCUT2D eigenvalue weighted by Gasteiger charge is -2.16. The molecule has 0 bridgehead atoms. The van der Waals surface area contributed by atoms with Gasteiger partial charge in [0.15, 0.2) is 5.78 Å². The molecule has 1 aliphatic carbocycles. The molecular weight excluding hydrogens is 392 g/mol. The van der Waals surface area contributed by atoms with Crippen molar-refractivity contribution in [2.75, 3.05) is 26.6 Å². The number of rotatable bonds is 5. The van der Waals surface area contributed by atoms with Crippen LogP contribution in [0.4, 0.5) is 11.5 Å². The van der Waals surface area contributed by atoms with E-state index in [1.54, 1.807) is 33.5 Å². The fourth-order valence-corrected chi connectivity index (χ4v) is 4.02. The number of benzene rings is 3. The minimum Gasteiger partial charge on any atom is -0.497 e. The van der Waals surface area contributed by atoms with Crippen LogP contribution in [0.15, 0.2) is 60.7 Å². The van der Waals surface area contributed by atoms with E-state index in [1.807, 2.05) is 48.5 Å². The summed E-state index contributed by atoms with van der Waals surface area (Å²) in [4.78, 5) is 18.3. The first-order valence-electron chi connectivity index (χ1n) is 9.79. The molecule has 154 valence electrons. The minimum absolute atomic E-state index is 0.0350. The highest BCUT2D eigenvalue weighted by Crippen LogP contribution is 2.46. The lowest BCUT2D eigenvalue weighted by Crippen LogP contribution is -2.02. The average Bonchev–Trinajstić information content (AvgIpc) is 3.11. The van der Waals surface area contributed by atoms with E-state index in [0.29, 0.717) is 34.2 Å². The Balaban J connectivity index is 1.75. The van der Waals surface area contributed by atoms with E-state index < -0.39 is 0 Å². The van der Waals surface area contributed by atoms with E-state index in [1.165, 1.54) is 0 Å². The summed E-state index contributed by atoms with van der Waals surface area (Å²) in [5, 5.41) is 4.21. The first-order chi connectivity index (χ1) is 15.1. The number of para-hydroxylation sites is 1. The molecule has 0 atom stereocenters. The van der Waals surface area contributed by atoms with Crippen LogP contribution in [0.2, 0.25) is 0 Å². The number of nitrogens with zero attached hydrogens (tertiary/aromatic N) is 1. The zero-order valence-corrected chi connectivity index (χ0v) is 17.4. The van der Waals surface area contributed by atoms with Crippen molar-refractivity contribution in [3.63, 3.8) is 0 Å². The van der Waals surface area contributed by atoms with Gasteiger partial charge >= 0.3 is 0 Å². The maximum absolute atomic E-state index is 13.4. The molecule has 3 aromatic carbocycles. The normalized spacial score (nSPS) is 11.8.